The van der Waals surface area contributed by atoms with Crippen LogP contribution >= 0.6 is 11.6 Å². The molecule has 2 heterocycles. The summed E-state index contributed by atoms with van der Waals surface area (Å²) in [5.74, 6) is 3.74. The van der Waals surface area contributed by atoms with Gasteiger partial charge in [-0.2, -0.15) is 0 Å². The number of hydrogen-bond donors (Lipinski definition) is 0. The van der Waals surface area contributed by atoms with Crippen LogP contribution in [0.15, 0.2) is 59.1 Å². The van der Waals surface area contributed by atoms with Crippen LogP contribution in [-0.4, -0.2) is 66.8 Å². The minimum absolute atomic E-state index is 0.141. The van der Waals surface area contributed by atoms with Crippen molar-refractivity contribution in [3.8, 4) is 0 Å². The summed E-state index contributed by atoms with van der Waals surface area (Å²) < 4.78 is 6.36. The molecule has 7 nitrogen and oxygen atoms in total. The number of benzene rings is 2. The summed E-state index contributed by atoms with van der Waals surface area (Å²) in [7, 11) is 2.16. The van der Waals surface area contributed by atoms with Gasteiger partial charge in [0.1, 0.15) is 11.6 Å². The molecule has 0 aromatic heterocycles. The molecule has 0 radical (unpaired) electrons. The van der Waals surface area contributed by atoms with Gasteiger partial charge in [-0.3, -0.25) is 9.59 Å². The number of hydrogen-bond acceptors (Lipinski definition) is 7. The molecule has 6 aliphatic rings. The quantitative estimate of drug-likeness (QED) is 0.228. The van der Waals surface area contributed by atoms with Crippen LogP contribution in [0.2, 0.25) is 5.02 Å². The number of amidine groups is 1. The highest BCUT2D eigenvalue weighted by Gasteiger charge is 2.59. The van der Waals surface area contributed by atoms with Crippen molar-refractivity contribution in [3.63, 3.8) is 0 Å². The first-order valence-corrected chi connectivity index (χ1v) is 19.9. The third-order valence-electron chi connectivity index (χ3n) is 14.4. The molecule has 51 heavy (non-hydrogen) atoms. The Morgan fingerprint density at radius 3 is 2.55 bits per heavy atom. The lowest BCUT2D eigenvalue weighted by Crippen LogP contribution is -2.50. The summed E-state index contributed by atoms with van der Waals surface area (Å²) in [5.41, 5.74) is 5.62. The van der Waals surface area contributed by atoms with Crippen molar-refractivity contribution in [1.29, 1.82) is 0 Å². The number of ether oxygens (including phenoxy) is 1. The third-order valence-corrected chi connectivity index (χ3v) is 14.7. The average molecular weight is 711 g/mol. The van der Waals surface area contributed by atoms with Gasteiger partial charge in [0.25, 0.3) is 0 Å². The van der Waals surface area contributed by atoms with Gasteiger partial charge in [-0.15, -0.1) is 0 Å². The van der Waals surface area contributed by atoms with Gasteiger partial charge < -0.3 is 19.4 Å². The number of likely N-dealkylation sites (N-methyl/N-ethyl adjacent to an activating group) is 1. The first-order valence-electron chi connectivity index (χ1n) is 19.6. The zero-order chi connectivity index (χ0) is 35.7. The molecule has 272 valence electrons. The van der Waals surface area contributed by atoms with Gasteiger partial charge in [-0.1, -0.05) is 49.2 Å². The topological polar surface area (TPSA) is 65.5 Å². The second-order valence-electron chi connectivity index (χ2n) is 17.2. The molecular weight excluding hydrogens is 656 g/mol. The Labute approximate surface area is 309 Å². The van der Waals surface area contributed by atoms with Gasteiger partial charge in [-0.05, 0) is 137 Å². The minimum Gasteiger partial charge on any atom is -0.441 e. The Kier molecular flexibility index (Phi) is 9.14. The van der Waals surface area contributed by atoms with Crippen LogP contribution in [0.5, 0.6) is 0 Å². The maximum Gasteiger partial charge on any atom is 0.308 e. The Morgan fingerprint density at radius 1 is 0.980 bits per heavy atom. The summed E-state index contributed by atoms with van der Waals surface area (Å²) in [4.78, 5) is 38.5. The second kappa shape index (κ2) is 13.4. The van der Waals surface area contributed by atoms with Crippen molar-refractivity contribution < 1.29 is 14.3 Å². The standard InChI is InChI=1S/C43H55ClN4O3/c1-27(49)34-13-14-35-32-12-10-30-24-29(16-18-42(30,3)36(32)17-19-43(34,35)4)25-40(50)51-28(2)48-38-9-7-6-8-33(38)41(47-22-20-46(5)21-23-47)45-37-26-31(44)11-15-39(37)48/h6-11,15,26,28-29,32,34-36H,12-14,16-25H2,1-5H3. The summed E-state index contributed by atoms with van der Waals surface area (Å²) >= 11 is 6.55. The van der Waals surface area contributed by atoms with Crippen LogP contribution in [0.1, 0.15) is 91.0 Å². The maximum atomic E-state index is 13.8. The molecule has 4 fully saturated rings. The lowest BCUT2D eigenvalue weighted by Gasteiger charge is -2.58. The van der Waals surface area contributed by atoms with E-state index < -0.39 is 6.23 Å². The lowest BCUT2D eigenvalue weighted by atomic mass is 9.47. The zero-order valence-corrected chi connectivity index (χ0v) is 31.9. The van der Waals surface area contributed by atoms with Gasteiger partial charge in [-0.25, -0.2) is 4.99 Å². The molecule has 8 unspecified atom stereocenters. The Morgan fingerprint density at radius 2 is 1.76 bits per heavy atom. The molecule has 0 amide bonds. The molecule has 0 bridgehead atoms. The smallest absolute Gasteiger partial charge is 0.308 e. The number of piperazine rings is 1. The Bertz CT molecular complexity index is 1760. The maximum absolute atomic E-state index is 13.8. The van der Waals surface area contributed by atoms with E-state index in [9.17, 15) is 9.59 Å². The van der Waals surface area contributed by atoms with E-state index in [1.165, 1.54) is 19.3 Å². The monoisotopic (exact) mass is 710 g/mol. The van der Waals surface area contributed by atoms with Crippen LogP contribution in [0.3, 0.4) is 0 Å². The number of rotatable bonds is 5. The van der Waals surface area contributed by atoms with E-state index in [0.717, 1.165) is 86.7 Å². The molecule has 8 rings (SSSR count). The van der Waals surface area contributed by atoms with Crippen LogP contribution < -0.4 is 4.90 Å². The lowest BCUT2D eigenvalue weighted by molar-refractivity contribution is -0.149. The number of halogens is 1. The number of aliphatic imine (C=N–C) groups is 1. The predicted octanol–water partition coefficient (Wildman–Crippen LogP) is 9.18. The SMILES string of the molecule is CC(=O)C1CCC2C3CC=C4CC(CC(=O)OC(C)N5c6ccc(Cl)cc6N=C(N6CCN(C)CC6)c6ccccc65)CCC4(C)C3CCC12C. The molecule has 8 heteroatoms. The number of fused-ring (bicyclic) bond motifs is 7. The first-order chi connectivity index (χ1) is 24.5. The van der Waals surface area contributed by atoms with Crippen molar-refractivity contribution in [1.82, 2.24) is 9.80 Å². The number of nitrogens with zero attached hydrogens (tertiary/aromatic N) is 4. The Balaban J connectivity index is 0.983. The van der Waals surface area contributed by atoms with Crippen molar-refractivity contribution >= 4 is 46.3 Å². The molecule has 4 aliphatic carbocycles. The van der Waals surface area contributed by atoms with E-state index in [0.29, 0.717) is 35.0 Å². The van der Waals surface area contributed by atoms with Gasteiger partial charge >= 0.3 is 5.97 Å². The number of anilines is 2. The fourth-order valence-electron chi connectivity index (χ4n) is 11.7. The van der Waals surface area contributed by atoms with E-state index >= 15 is 0 Å². The normalized spacial score (nSPS) is 33.7. The molecule has 2 aromatic carbocycles. The van der Waals surface area contributed by atoms with E-state index in [4.69, 9.17) is 21.3 Å². The van der Waals surface area contributed by atoms with E-state index in [-0.39, 0.29) is 28.6 Å². The molecule has 3 saturated carbocycles. The molecular formula is C43H55ClN4O3. The highest BCUT2D eigenvalue weighted by molar-refractivity contribution is 6.31. The van der Waals surface area contributed by atoms with Gasteiger partial charge in [0.05, 0.1) is 17.1 Å². The number of Topliss-reactive ketones (excluding diaryl/α,β-unsaturated/α-hetero) is 1. The van der Waals surface area contributed by atoms with E-state index in [1.54, 1.807) is 5.57 Å². The highest BCUT2D eigenvalue weighted by Crippen LogP contribution is 2.66. The molecule has 2 aliphatic heterocycles. The molecule has 0 N–H and O–H groups in total. The van der Waals surface area contributed by atoms with Crippen molar-refractivity contribution in [2.45, 2.75) is 91.7 Å². The van der Waals surface area contributed by atoms with E-state index in [1.807, 2.05) is 38.1 Å². The number of carbonyl (C=O) groups is 2. The van der Waals surface area contributed by atoms with Crippen molar-refractivity contribution in [3.05, 3.63) is 64.7 Å². The first kappa shape index (κ1) is 34.9. The molecule has 1 saturated heterocycles. The van der Waals surface area contributed by atoms with Crippen molar-refractivity contribution in [2.75, 3.05) is 38.1 Å². The van der Waals surface area contributed by atoms with Crippen LogP contribution in [0.25, 0.3) is 0 Å². The fourth-order valence-corrected chi connectivity index (χ4v) is 11.9. The summed E-state index contributed by atoms with van der Waals surface area (Å²) in [6.07, 6.45) is 11.4. The number of ketones is 1. The summed E-state index contributed by atoms with van der Waals surface area (Å²) in [5, 5.41) is 0.629. The summed E-state index contributed by atoms with van der Waals surface area (Å²) in [6, 6.07) is 14.2. The van der Waals surface area contributed by atoms with Crippen molar-refractivity contribution in [2.24, 2.45) is 45.4 Å². The van der Waals surface area contributed by atoms with Crippen LogP contribution in [0.4, 0.5) is 17.1 Å². The molecule has 2 aromatic rings. The molecule has 0 spiro atoms. The third kappa shape index (κ3) is 6.04. The zero-order valence-electron chi connectivity index (χ0n) is 31.2. The number of esters is 1. The summed E-state index contributed by atoms with van der Waals surface area (Å²) in [6.45, 7) is 12.5. The fraction of sp³-hybridized carbons (Fsp3) is 0.605. The van der Waals surface area contributed by atoms with Crippen LogP contribution in [0, 0.1) is 40.4 Å². The van der Waals surface area contributed by atoms with Crippen LogP contribution in [-0.2, 0) is 14.3 Å². The number of carbonyl (C=O) groups excluding carboxylic acids is 2. The predicted molar refractivity (Wildman–Crippen MR) is 205 cm³/mol. The number of allylic oxidation sites excluding steroid dienone is 2. The largest absolute Gasteiger partial charge is 0.441 e. The van der Waals surface area contributed by atoms with E-state index in [2.05, 4.69) is 59.9 Å². The Hall–Kier alpha value is -3.16. The number of para-hydroxylation sites is 1. The van der Waals surface area contributed by atoms with Gasteiger partial charge in [0, 0.05) is 49.1 Å². The van der Waals surface area contributed by atoms with Gasteiger partial charge in [0.15, 0.2) is 6.23 Å². The highest BCUT2D eigenvalue weighted by atomic mass is 35.5. The molecule has 8 atom stereocenters. The second-order valence-corrected chi connectivity index (χ2v) is 17.6. The average Bonchev–Trinajstić information content (AvgIpc) is 3.39. The minimum atomic E-state index is -0.536. The van der Waals surface area contributed by atoms with Gasteiger partial charge in [0.2, 0.25) is 0 Å².